The number of ether oxygens (including phenoxy) is 1. The Morgan fingerprint density at radius 2 is 0.550 bits per heavy atom. The zero-order valence-electron chi connectivity index (χ0n) is 41.9. The monoisotopic (exact) mass is 909 g/mol. The van der Waals surface area contributed by atoms with E-state index in [-0.39, 0.29) is 12.1 Å². The predicted octanol–water partition coefficient (Wildman–Crippen LogP) is 21.5. The maximum Gasteiger partial charge on any atom is 0.306 e. The van der Waals surface area contributed by atoms with Gasteiger partial charge in [0.15, 0.2) is 0 Å². The van der Waals surface area contributed by atoms with Crippen LogP contribution in [0.4, 0.5) is 0 Å². The number of halogens is 1. The molecule has 60 heavy (non-hydrogen) atoms. The minimum atomic E-state index is 0.0467. The SMILES string of the molecule is CCCCCCCCCCCCCCCCCCC(CCCCCCCCCCCCCCCCCC)CCCCC(CCCCCCCCCC)OC(=O)CCCCBr. The maximum atomic E-state index is 12.7. The molecule has 2 nitrogen and oxygen atoms in total. The van der Waals surface area contributed by atoms with Crippen LogP contribution in [0.25, 0.3) is 0 Å². The number of carbonyl (C=O) groups excluding carboxylic acids is 1. The van der Waals surface area contributed by atoms with Crippen molar-refractivity contribution in [2.24, 2.45) is 5.92 Å². The molecule has 0 rings (SSSR count). The van der Waals surface area contributed by atoms with E-state index in [1.165, 1.54) is 289 Å². The smallest absolute Gasteiger partial charge is 0.306 e. The van der Waals surface area contributed by atoms with Crippen molar-refractivity contribution in [2.75, 3.05) is 5.33 Å². The number of hydrogen-bond donors (Lipinski definition) is 0. The standard InChI is InChI=1S/C57H113BrO2/c1-4-7-10-13-16-19-21-23-25-27-29-31-33-35-38-41-48-55(49-42-39-36-34-32-30-28-26-24-22-20-17-14-11-8-5-2)50-44-45-52-56(60-57(59)53-46-47-54-58)51-43-40-37-18-15-12-9-6-3/h55-56H,4-54H2,1-3H3. The molecule has 0 aliphatic carbocycles. The molecule has 0 bridgehead atoms. The largest absolute Gasteiger partial charge is 0.462 e. The van der Waals surface area contributed by atoms with Gasteiger partial charge < -0.3 is 4.74 Å². The lowest BCUT2D eigenvalue weighted by Gasteiger charge is -2.20. The molecule has 0 N–H and O–H groups in total. The Hall–Kier alpha value is -0.0500. The van der Waals surface area contributed by atoms with Crippen molar-refractivity contribution in [3.63, 3.8) is 0 Å². The molecule has 0 saturated carbocycles. The van der Waals surface area contributed by atoms with Crippen molar-refractivity contribution in [3.8, 4) is 0 Å². The van der Waals surface area contributed by atoms with Gasteiger partial charge >= 0.3 is 5.97 Å². The minimum Gasteiger partial charge on any atom is -0.462 e. The summed E-state index contributed by atoms with van der Waals surface area (Å²) in [4.78, 5) is 12.7. The third kappa shape index (κ3) is 49.0. The molecule has 0 aliphatic rings. The summed E-state index contributed by atoms with van der Waals surface area (Å²) in [5.41, 5.74) is 0. The molecule has 0 spiro atoms. The molecule has 0 amide bonds. The second kappa shape index (κ2) is 53.3. The molecule has 1 atom stereocenters. The number of hydrogen-bond acceptors (Lipinski definition) is 2. The van der Waals surface area contributed by atoms with Crippen LogP contribution in [0.1, 0.15) is 342 Å². The lowest BCUT2D eigenvalue weighted by molar-refractivity contribution is -0.150. The van der Waals surface area contributed by atoms with Gasteiger partial charge in [0, 0.05) is 11.8 Å². The highest BCUT2D eigenvalue weighted by Crippen LogP contribution is 2.26. The second-order valence-electron chi connectivity index (χ2n) is 19.9. The summed E-state index contributed by atoms with van der Waals surface area (Å²) in [5, 5.41) is 0.974. The van der Waals surface area contributed by atoms with Crippen molar-refractivity contribution in [3.05, 3.63) is 0 Å². The van der Waals surface area contributed by atoms with Crippen LogP contribution in [0, 0.1) is 5.92 Å². The number of carbonyl (C=O) groups is 1. The number of alkyl halides is 1. The Morgan fingerprint density at radius 1 is 0.317 bits per heavy atom. The van der Waals surface area contributed by atoms with Crippen molar-refractivity contribution < 1.29 is 9.53 Å². The Kier molecular flexibility index (Phi) is 53.2. The van der Waals surface area contributed by atoms with Gasteiger partial charge in [-0.15, -0.1) is 0 Å². The highest BCUT2D eigenvalue weighted by atomic mass is 79.9. The molecule has 1 unspecified atom stereocenters. The Bertz CT molecular complexity index is 748. The van der Waals surface area contributed by atoms with Crippen molar-refractivity contribution in [1.29, 1.82) is 0 Å². The molecule has 0 heterocycles. The fourth-order valence-electron chi connectivity index (χ4n) is 9.58. The molecule has 0 radical (unpaired) electrons. The Morgan fingerprint density at radius 3 is 0.833 bits per heavy atom. The lowest BCUT2D eigenvalue weighted by atomic mass is 9.89. The number of esters is 1. The summed E-state index contributed by atoms with van der Waals surface area (Å²) >= 11 is 3.52. The average Bonchev–Trinajstić information content (AvgIpc) is 3.25. The topological polar surface area (TPSA) is 26.3 Å². The van der Waals surface area contributed by atoms with E-state index in [1.807, 2.05) is 0 Å². The number of unbranched alkanes of at least 4 members (excludes halogenated alkanes) is 39. The summed E-state index contributed by atoms with van der Waals surface area (Å²) in [7, 11) is 0. The van der Waals surface area contributed by atoms with E-state index in [0.717, 1.165) is 36.9 Å². The minimum absolute atomic E-state index is 0.0467. The van der Waals surface area contributed by atoms with Gasteiger partial charge in [0.25, 0.3) is 0 Å². The first kappa shape index (κ1) is 60.0. The van der Waals surface area contributed by atoms with Crippen LogP contribution in [0.3, 0.4) is 0 Å². The van der Waals surface area contributed by atoms with Crippen LogP contribution in [-0.4, -0.2) is 17.4 Å². The highest BCUT2D eigenvalue weighted by molar-refractivity contribution is 9.09. The first-order valence-electron chi connectivity index (χ1n) is 28.4. The Labute approximate surface area is 388 Å². The first-order valence-corrected chi connectivity index (χ1v) is 29.5. The Balaban J connectivity index is 4.51. The molecule has 0 aromatic rings. The lowest BCUT2D eigenvalue weighted by Crippen LogP contribution is -2.18. The average molecular weight is 910 g/mol. The van der Waals surface area contributed by atoms with Crippen LogP contribution < -0.4 is 0 Å². The molecule has 0 aromatic carbocycles. The van der Waals surface area contributed by atoms with Crippen molar-refractivity contribution in [2.45, 2.75) is 348 Å². The molecular formula is C57H113BrO2. The fraction of sp³-hybridized carbons (Fsp3) is 0.982. The molecule has 360 valence electrons. The van der Waals surface area contributed by atoms with E-state index in [2.05, 4.69) is 36.7 Å². The quantitative estimate of drug-likeness (QED) is 0.0345. The van der Waals surface area contributed by atoms with Gasteiger partial charge in [-0.3, -0.25) is 4.79 Å². The third-order valence-corrected chi connectivity index (χ3v) is 14.3. The van der Waals surface area contributed by atoms with Crippen LogP contribution in [0.5, 0.6) is 0 Å². The van der Waals surface area contributed by atoms with E-state index < -0.39 is 0 Å². The maximum absolute atomic E-state index is 12.7. The van der Waals surface area contributed by atoms with Crippen molar-refractivity contribution in [1.82, 2.24) is 0 Å². The molecular weight excluding hydrogens is 797 g/mol. The van der Waals surface area contributed by atoms with E-state index >= 15 is 0 Å². The second-order valence-corrected chi connectivity index (χ2v) is 20.6. The van der Waals surface area contributed by atoms with Crippen LogP contribution >= 0.6 is 15.9 Å². The summed E-state index contributed by atoms with van der Waals surface area (Å²) < 4.78 is 6.14. The van der Waals surface area contributed by atoms with Gasteiger partial charge in [0.2, 0.25) is 0 Å². The van der Waals surface area contributed by atoms with Gasteiger partial charge in [0.05, 0.1) is 0 Å². The summed E-state index contributed by atoms with van der Waals surface area (Å²) in [6, 6.07) is 0. The highest BCUT2D eigenvalue weighted by Gasteiger charge is 2.16. The molecule has 0 saturated heterocycles. The van der Waals surface area contributed by atoms with Gasteiger partial charge in [-0.05, 0) is 44.4 Å². The van der Waals surface area contributed by atoms with Crippen LogP contribution in [-0.2, 0) is 9.53 Å². The van der Waals surface area contributed by atoms with E-state index in [4.69, 9.17) is 4.74 Å². The molecule has 0 fully saturated rings. The normalized spacial score (nSPS) is 12.2. The fourth-order valence-corrected chi connectivity index (χ4v) is 9.97. The predicted molar refractivity (Wildman–Crippen MR) is 275 cm³/mol. The zero-order chi connectivity index (χ0) is 43.5. The van der Waals surface area contributed by atoms with Crippen LogP contribution in [0.15, 0.2) is 0 Å². The van der Waals surface area contributed by atoms with E-state index in [9.17, 15) is 4.79 Å². The van der Waals surface area contributed by atoms with Crippen molar-refractivity contribution >= 4 is 21.9 Å². The van der Waals surface area contributed by atoms with Gasteiger partial charge in [0.1, 0.15) is 6.10 Å². The number of rotatable bonds is 53. The van der Waals surface area contributed by atoms with Crippen LogP contribution in [0.2, 0.25) is 0 Å². The summed E-state index contributed by atoms with van der Waals surface area (Å²) in [5.74, 6) is 0.951. The molecule has 0 aromatic heterocycles. The third-order valence-electron chi connectivity index (χ3n) is 13.8. The van der Waals surface area contributed by atoms with Gasteiger partial charge in [-0.25, -0.2) is 0 Å². The summed E-state index contributed by atoms with van der Waals surface area (Å²) in [6.07, 6.45) is 68.9. The zero-order valence-corrected chi connectivity index (χ0v) is 43.5. The van der Waals surface area contributed by atoms with E-state index in [1.54, 1.807) is 0 Å². The van der Waals surface area contributed by atoms with Gasteiger partial charge in [-0.1, -0.05) is 313 Å². The van der Waals surface area contributed by atoms with E-state index in [0.29, 0.717) is 6.42 Å². The first-order chi connectivity index (χ1) is 29.7. The summed E-state index contributed by atoms with van der Waals surface area (Å²) in [6.45, 7) is 6.92. The molecule has 0 aliphatic heterocycles. The molecule has 3 heteroatoms. The van der Waals surface area contributed by atoms with Gasteiger partial charge in [-0.2, -0.15) is 0 Å².